The van der Waals surface area contributed by atoms with Crippen LogP contribution in [0, 0.1) is 0 Å². The molecule has 1 aromatic heterocycles. The van der Waals surface area contributed by atoms with E-state index >= 15 is 0 Å². The van der Waals surface area contributed by atoms with Crippen LogP contribution in [0.15, 0.2) is 18.3 Å². The second-order valence-corrected chi connectivity index (χ2v) is 7.10. The predicted molar refractivity (Wildman–Crippen MR) is 97.8 cm³/mol. The summed E-state index contributed by atoms with van der Waals surface area (Å²) in [5.74, 6) is 0.986. The quantitative estimate of drug-likeness (QED) is 0.889. The molecule has 1 aromatic rings. The van der Waals surface area contributed by atoms with Crippen LogP contribution >= 0.6 is 0 Å². The normalized spacial score (nSPS) is 25.1. The number of urea groups is 1. The SMILES string of the molecule is CC1CN(C(=O)NCc2cccnc2N2CCN(C)CC2)CC(C)O1. The van der Waals surface area contributed by atoms with Crippen molar-refractivity contribution in [2.45, 2.75) is 32.6 Å². The van der Waals surface area contributed by atoms with E-state index in [9.17, 15) is 4.79 Å². The van der Waals surface area contributed by atoms with Crippen LogP contribution < -0.4 is 10.2 Å². The number of carbonyl (C=O) groups excluding carboxylic acids is 1. The van der Waals surface area contributed by atoms with Crippen LogP contribution in [0.3, 0.4) is 0 Å². The van der Waals surface area contributed by atoms with Crippen molar-refractivity contribution in [3.8, 4) is 0 Å². The molecule has 3 rings (SSSR count). The summed E-state index contributed by atoms with van der Waals surface area (Å²) in [5.41, 5.74) is 1.06. The molecule has 2 fully saturated rings. The molecule has 0 aliphatic carbocycles. The van der Waals surface area contributed by atoms with E-state index in [0.717, 1.165) is 37.6 Å². The number of nitrogens with zero attached hydrogens (tertiary/aromatic N) is 4. The topological polar surface area (TPSA) is 60.9 Å². The van der Waals surface area contributed by atoms with Gasteiger partial charge in [-0.25, -0.2) is 9.78 Å². The van der Waals surface area contributed by atoms with Gasteiger partial charge in [-0.05, 0) is 27.0 Å². The minimum absolute atomic E-state index is 0.0322. The average molecular weight is 347 g/mol. The van der Waals surface area contributed by atoms with Crippen molar-refractivity contribution in [3.05, 3.63) is 23.9 Å². The predicted octanol–water partition coefficient (Wildman–Crippen LogP) is 1.15. The smallest absolute Gasteiger partial charge is 0.317 e. The highest BCUT2D eigenvalue weighted by molar-refractivity contribution is 5.74. The summed E-state index contributed by atoms with van der Waals surface area (Å²) in [6.45, 7) is 9.76. The maximum absolute atomic E-state index is 12.5. The van der Waals surface area contributed by atoms with Crippen molar-refractivity contribution < 1.29 is 9.53 Å². The molecule has 7 nitrogen and oxygen atoms in total. The number of hydrogen-bond acceptors (Lipinski definition) is 5. The molecule has 2 saturated heterocycles. The number of rotatable bonds is 3. The molecule has 0 saturated carbocycles. The zero-order valence-electron chi connectivity index (χ0n) is 15.4. The van der Waals surface area contributed by atoms with Crippen molar-refractivity contribution in [2.24, 2.45) is 0 Å². The molecular formula is C18H29N5O2. The number of ether oxygens (including phenoxy) is 1. The van der Waals surface area contributed by atoms with E-state index in [1.165, 1.54) is 0 Å². The molecule has 7 heteroatoms. The van der Waals surface area contributed by atoms with Crippen LogP contribution in [0.5, 0.6) is 0 Å². The lowest BCUT2D eigenvalue weighted by atomic mass is 10.2. The molecule has 0 radical (unpaired) electrons. The van der Waals surface area contributed by atoms with E-state index in [-0.39, 0.29) is 18.2 Å². The summed E-state index contributed by atoms with van der Waals surface area (Å²) < 4.78 is 5.69. The molecule has 2 atom stereocenters. The summed E-state index contributed by atoms with van der Waals surface area (Å²) >= 11 is 0. The third kappa shape index (κ3) is 4.61. The maximum Gasteiger partial charge on any atom is 0.317 e. The van der Waals surface area contributed by atoms with Gasteiger partial charge in [0.25, 0.3) is 0 Å². The van der Waals surface area contributed by atoms with Crippen molar-refractivity contribution in [3.63, 3.8) is 0 Å². The second-order valence-electron chi connectivity index (χ2n) is 7.10. The van der Waals surface area contributed by atoms with E-state index < -0.39 is 0 Å². The highest BCUT2D eigenvalue weighted by atomic mass is 16.5. The summed E-state index contributed by atoms with van der Waals surface area (Å²) in [5, 5.41) is 3.05. The number of piperazine rings is 1. The zero-order valence-corrected chi connectivity index (χ0v) is 15.4. The van der Waals surface area contributed by atoms with Gasteiger partial charge >= 0.3 is 6.03 Å². The number of likely N-dealkylation sites (N-methyl/N-ethyl adjacent to an activating group) is 1. The molecule has 2 aliphatic rings. The zero-order chi connectivity index (χ0) is 17.8. The summed E-state index contributed by atoms with van der Waals surface area (Å²) in [6, 6.07) is 3.95. The van der Waals surface area contributed by atoms with Gasteiger partial charge in [0.2, 0.25) is 0 Å². The second kappa shape index (κ2) is 8.01. The molecule has 0 aromatic carbocycles. The van der Waals surface area contributed by atoms with Gasteiger partial charge in [-0.15, -0.1) is 0 Å². The first-order chi connectivity index (χ1) is 12.0. The van der Waals surface area contributed by atoms with Crippen LogP contribution in [-0.2, 0) is 11.3 Å². The van der Waals surface area contributed by atoms with Crippen molar-refractivity contribution in [1.82, 2.24) is 20.1 Å². The van der Waals surface area contributed by atoms with E-state index in [1.54, 1.807) is 0 Å². The minimum Gasteiger partial charge on any atom is -0.372 e. The molecule has 0 spiro atoms. The van der Waals surface area contributed by atoms with Gasteiger partial charge < -0.3 is 24.8 Å². The summed E-state index contributed by atoms with van der Waals surface area (Å²) in [4.78, 5) is 23.5. The van der Waals surface area contributed by atoms with Gasteiger partial charge in [-0.3, -0.25) is 0 Å². The Balaban J connectivity index is 1.60. The summed E-state index contributed by atoms with van der Waals surface area (Å²) in [7, 11) is 2.14. The number of aromatic nitrogens is 1. The van der Waals surface area contributed by atoms with Gasteiger partial charge in [0.1, 0.15) is 5.82 Å². The monoisotopic (exact) mass is 347 g/mol. The average Bonchev–Trinajstić information content (AvgIpc) is 2.60. The Morgan fingerprint density at radius 3 is 2.60 bits per heavy atom. The highest BCUT2D eigenvalue weighted by Gasteiger charge is 2.26. The summed E-state index contributed by atoms with van der Waals surface area (Å²) in [6.07, 6.45) is 1.98. The first-order valence-corrected chi connectivity index (χ1v) is 9.08. The van der Waals surface area contributed by atoms with Crippen molar-refractivity contribution in [1.29, 1.82) is 0 Å². The van der Waals surface area contributed by atoms with E-state index in [4.69, 9.17) is 4.74 Å². The largest absolute Gasteiger partial charge is 0.372 e. The number of amides is 2. The van der Waals surface area contributed by atoms with Gasteiger partial charge in [0.05, 0.1) is 12.2 Å². The fraction of sp³-hybridized carbons (Fsp3) is 0.667. The standard InChI is InChI=1S/C18H29N5O2/c1-14-12-23(13-15(2)25-14)18(24)20-11-16-5-4-6-19-17(16)22-9-7-21(3)8-10-22/h4-6,14-15H,7-13H2,1-3H3,(H,20,24). The number of morpholine rings is 1. The molecule has 2 aliphatic heterocycles. The minimum atomic E-state index is -0.0322. The Bertz CT molecular complexity index is 579. The number of pyridine rings is 1. The first-order valence-electron chi connectivity index (χ1n) is 9.08. The van der Waals surface area contributed by atoms with Crippen LogP contribution in [-0.4, -0.2) is 79.3 Å². The Labute approximate surface area is 149 Å². The van der Waals surface area contributed by atoms with E-state index in [0.29, 0.717) is 19.6 Å². The third-order valence-electron chi connectivity index (χ3n) is 4.81. The highest BCUT2D eigenvalue weighted by Crippen LogP contribution is 2.19. The van der Waals surface area contributed by atoms with E-state index in [2.05, 4.69) is 27.1 Å². The number of nitrogens with one attached hydrogen (secondary N) is 1. The lowest BCUT2D eigenvalue weighted by Gasteiger charge is -2.36. The van der Waals surface area contributed by atoms with E-state index in [1.807, 2.05) is 37.1 Å². The maximum atomic E-state index is 12.5. The lowest BCUT2D eigenvalue weighted by molar-refractivity contribution is -0.0545. The van der Waals surface area contributed by atoms with Crippen molar-refractivity contribution in [2.75, 3.05) is 51.2 Å². The van der Waals surface area contributed by atoms with Crippen LogP contribution in [0.1, 0.15) is 19.4 Å². The first kappa shape index (κ1) is 17.9. The fourth-order valence-corrected chi connectivity index (χ4v) is 3.50. The molecule has 0 bridgehead atoms. The van der Waals surface area contributed by atoms with Gasteiger partial charge in [-0.1, -0.05) is 6.07 Å². The molecule has 1 N–H and O–H groups in total. The van der Waals surface area contributed by atoms with Crippen LogP contribution in [0.2, 0.25) is 0 Å². The van der Waals surface area contributed by atoms with Gasteiger partial charge in [0.15, 0.2) is 0 Å². The molecule has 2 unspecified atom stereocenters. The third-order valence-corrected chi connectivity index (χ3v) is 4.81. The van der Waals surface area contributed by atoms with Crippen LogP contribution in [0.25, 0.3) is 0 Å². The Hall–Kier alpha value is -1.86. The molecule has 3 heterocycles. The number of anilines is 1. The van der Waals surface area contributed by atoms with Gasteiger partial charge in [-0.2, -0.15) is 0 Å². The Kier molecular flexibility index (Phi) is 5.75. The Morgan fingerprint density at radius 2 is 1.92 bits per heavy atom. The number of carbonyl (C=O) groups is 1. The molecule has 138 valence electrons. The van der Waals surface area contributed by atoms with Gasteiger partial charge in [0, 0.05) is 57.6 Å². The molecule has 25 heavy (non-hydrogen) atoms. The van der Waals surface area contributed by atoms with Crippen molar-refractivity contribution >= 4 is 11.8 Å². The van der Waals surface area contributed by atoms with Crippen LogP contribution in [0.4, 0.5) is 10.6 Å². The number of hydrogen-bond donors (Lipinski definition) is 1. The fourth-order valence-electron chi connectivity index (χ4n) is 3.50. The lowest BCUT2D eigenvalue weighted by Crippen LogP contribution is -2.51. The Morgan fingerprint density at radius 1 is 1.24 bits per heavy atom. The molecular weight excluding hydrogens is 318 g/mol. The molecule has 2 amide bonds.